The van der Waals surface area contributed by atoms with Crippen LogP contribution in [0.15, 0.2) is 65.8 Å². The molecule has 1 aromatic heterocycles. The molecule has 0 radical (unpaired) electrons. The van der Waals surface area contributed by atoms with Gasteiger partial charge in [-0.05, 0) is 74.1 Å². The largest absolute Gasteiger partial charge is 0.491 e. The normalized spacial score (nSPS) is 11.7. The summed E-state index contributed by atoms with van der Waals surface area (Å²) in [4.78, 5) is 20.3. The van der Waals surface area contributed by atoms with Crippen molar-refractivity contribution >= 4 is 44.8 Å². The summed E-state index contributed by atoms with van der Waals surface area (Å²) in [5.74, 6) is 0.312. The highest BCUT2D eigenvalue weighted by molar-refractivity contribution is 7.92. The van der Waals surface area contributed by atoms with Gasteiger partial charge in [0.25, 0.3) is 21.8 Å². The summed E-state index contributed by atoms with van der Waals surface area (Å²) < 4.78 is 38.4. The first-order chi connectivity index (χ1) is 16.7. The average molecular weight is 516 g/mol. The van der Waals surface area contributed by atoms with Crippen molar-refractivity contribution in [2.45, 2.75) is 31.3 Å². The van der Waals surface area contributed by atoms with E-state index in [2.05, 4.69) is 25.3 Å². The molecule has 3 N–H and O–H groups in total. The van der Waals surface area contributed by atoms with Gasteiger partial charge in [0.05, 0.1) is 18.1 Å². The molecule has 0 aliphatic rings. The van der Waals surface area contributed by atoms with Gasteiger partial charge in [0, 0.05) is 23.6 Å². The molecular weight excluding hydrogens is 490 g/mol. The van der Waals surface area contributed by atoms with Crippen molar-refractivity contribution in [2.75, 3.05) is 17.1 Å². The molecule has 0 saturated carbocycles. The van der Waals surface area contributed by atoms with Crippen molar-refractivity contribution in [3.8, 4) is 11.6 Å². The molecule has 0 bridgehead atoms. The van der Waals surface area contributed by atoms with Crippen LogP contribution in [-0.2, 0) is 10.0 Å². The molecule has 35 heavy (non-hydrogen) atoms. The molecule has 184 valence electrons. The molecule has 0 aliphatic heterocycles. The van der Waals surface area contributed by atoms with Crippen LogP contribution in [0.1, 0.15) is 30.6 Å². The third kappa shape index (κ3) is 7.11. The molecule has 1 atom stereocenters. The number of amides is 1. The van der Waals surface area contributed by atoms with Crippen molar-refractivity contribution in [3.05, 3.63) is 66.5 Å². The summed E-state index contributed by atoms with van der Waals surface area (Å²) in [5, 5.41) is 5.50. The van der Waals surface area contributed by atoms with Crippen LogP contribution in [0, 0.1) is 0 Å². The Balaban J connectivity index is 1.59. The molecule has 1 unspecified atom stereocenters. The second kappa shape index (κ2) is 11.6. The topological polar surface area (TPSA) is 132 Å². The molecule has 3 rings (SSSR count). The second-order valence-corrected chi connectivity index (χ2v) is 9.40. The van der Waals surface area contributed by atoms with Crippen LogP contribution in [0.25, 0.3) is 0 Å². The smallest absolute Gasteiger partial charge is 0.263 e. The highest BCUT2D eigenvalue weighted by atomic mass is 32.2. The Morgan fingerprint density at radius 2 is 1.71 bits per heavy atom. The van der Waals surface area contributed by atoms with E-state index in [1.807, 2.05) is 13.8 Å². The second-order valence-electron chi connectivity index (χ2n) is 7.31. The van der Waals surface area contributed by atoms with E-state index in [9.17, 15) is 13.2 Å². The fraction of sp³-hybridized carbons (Fsp3) is 0.217. The van der Waals surface area contributed by atoms with Crippen LogP contribution < -0.4 is 24.8 Å². The molecule has 0 saturated heterocycles. The minimum absolute atomic E-state index is 0.00888. The monoisotopic (exact) mass is 515 g/mol. The highest BCUT2D eigenvalue weighted by Gasteiger charge is 2.18. The number of carbonyl (C=O) groups excluding carboxylic acids is 1. The van der Waals surface area contributed by atoms with Gasteiger partial charge in [-0.25, -0.2) is 18.4 Å². The lowest BCUT2D eigenvalue weighted by Gasteiger charge is -2.13. The molecule has 0 aliphatic carbocycles. The number of anilines is 2. The Hall–Kier alpha value is -3.77. The van der Waals surface area contributed by atoms with Crippen LogP contribution >= 0.6 is 12.2 Å². The first-order valence-corrected chi connectivity index (χ1v) is 12.5. The molecular formula is C23H25N5O5S2. The van der Waals surface area contributed by atoms with Crippen molar-refractivity contribution in [1.29, 1.82) is 0 Å². The number of nitrogens with zero attached hydrogens (tertiary/aromatic N) is 2. The Morgan fingerprint density at radius 1 is 1.06 bits per heavy atom. The number of thiocarbonyl (C=S) groups is 1. The van der Waals surface area contributed by atoms with E-state index in [-0.39, 0.29) is 33.7 Å². The maximum Gasteiger partial charge on any atom is 0.263 e. The van der Waals surface area contributed by atoms with E-state index in [0.717, 1.165) is 6.42 Å². The van der Waals surface area contributed by atoms with E-state index >= 15 is 0 Å². The van der Waals surface area contributed by atoms with Crippen molar-refractivity contribution in [3.63, 3.8) is 0 Å². The van der Waals surface area contributed by atoms with Gasteiger partial charge in [0.1, 0.15) is 5.75 Å². The van der Waals surface area contributed by atoms with Crippen LogP contribution in [-0.4, -0.2) is 42.6 Å². The Kier molecular flexibility index (Phi) is 8.55. The number of methoxy groups -OCH3 is 1. The number of hydrogen-bond donors (Lipinski definition) is 3. The SMILES string of the molecule is CCC(C)Oc1ccc(C(=O)NC(=S)Nc2ccc(S(=O)(=O)Nc3nccnc3OC)cc2)cc1. The van der Waals surface area contributed by atoms with Gasteiger partial charge in [0.15, 0.2) is 5.11 Å². The van der Waals surface area contributed by atoms with Gasteiger partial charge in [-0.15, -0.1) is 0 Å². The number of sulfonamides is 1. The average Bonchev–Trinajstić information content (AvgIpc) is 2.84. The maximum atomic E-state index is 12.7. The highest BCUT2D eigenvalue weighted by Crippen LogP contribution is 2.22. The first kappa shape index (κ1) is 25.8. The predicted molar refractivity (Wildman–Crippen MR) is 136 cm³/mol. The number of rotatable bonds is 9. The Morgan fingerprint density at radius 3 is 2.34 bits per heavy atom. The van der Waals surface area contributed by atoms with Gasteiger partial charge in [-0.1, -0.05) is 6.92 Å². The fourth-order valence-corrected chi connectivity index (χ4v) is 4.00. The number of aromatic nitrogens is 2. The van der Waals surface area contributed by atoms with Crippen LogP contribution in [0.5, 0.6) is 11.6 Å². The molecule has 0 spiro atoms. The van der Waals surface area contributed by atoms with Crippen molar-refractivity contribution in [1.82, 2.24) is 15.3 Å². The van der Waals surface area contributed by atoms with Gasteiger partial charge < -0.3 is 14.8 Å². The van der Waals surface area contributed by atoms with E-state index in [0.29, 0.717) is 17.0 Å². The van der Waals surface area contributed by atoms with Crippen molar-refractivity contribution in [2.24, 2.45) is 0 Å². The van der Waals surface area contributed by atoms with Gasteiger partial charge in [0.2, 0.25) is 5.82 Å². The summed E-state index contributed by atoms with van der Waals surface area (Å²) in [6, 6.07) is 12.5. The van der Waals surface area contributed by atoms with E-state index in [1.54, 1.807) is 24.3 Å². The van der Waals surface area contributed by atoms with Crippen molar-refractivity contribution < 1.29 is 22.7 Å². The minimum Gasteiger partial charge on any atom is -0.491 e. The molecule has 1 heterocycles. The predicted octanol–water partition coefficient (Wildman–Crippen LogP) is 3.59. The zero-order valence-electron chi connectivity index (χ0n) is 19.3. The van der Waals surface area contributed by atoms with Gasteiger partial charge in [-0.3, -0.25) is 14.8 Å². The Labute approximate surface area is 209 Å². The van der Waals surface area contributed by atoms with E-state index in [4.69, 9.17) is 21.7 Å². The number of ether oxygens (including phenoxy) is 2. The fourth-order valence-electron chi connectivity index (χ4n) is 2.79. The lowest BCUT2D eigenvalue weighted by atomic mass is 10.2. The first-order valence-electron chi connectivity index (χ1n) is 10.6. The van der Waals surface area contributed by atoms with Crippen LogP contribution in [0.2, 0.25) is 0 Å². The summed E-state index contributed by atoms with van der Waals surface area (Å²) >= 11 is 5.20. The number of carbonyl (C=O) groups is 1. The summed E-state index contributed by atoms with van der Waals surface area (Å²) in [6.07, 6.45) is 3.69. The molecule has 0 fully saturated rings. The number of hydrogen-bond acceptors (Lipinski definition) is 8. The lowest BCUT2D eigenvalue weighted by molar-refractivity contribution is 0.0977. The molecule has 3 aromatic rings. The third-order valence-electron chi connectivity index (χ3n) is 4.77. The van der Waals surface area contributed by atoms with Gasteiger partial charge >= 0.3 is 0 Å². The Bertz CT molecular complexity index is 1280. The summed E-state index contributed by atoms with van der Waals surface area (Å²) in [7, 11) is -2.57. The zero-order chi connectivity index (χ0) is 25.4. The molecule has 12 heteroatoms. The molecule has 1 amide bonds. The number of benzene rings is 2. The van der Waals surface area contributed by atoms with E-state index < -0.39 is 10.0 Å². The number of nitrogens with one attached hydrogen (secondary N) is 3. The standard InChI is InChI=1S/C23H25N5O5S2/c1-4-15(2)33-18-9-5-16(6-10-18)21(29)27-23(34)26-17-7-11-19(12-8-17)35(30,31)28-20-22(32-3)25-14-13-24-20/h5-15H,4H2,1-3H3,(H,24,28)(H2,26,27,29,34). The third-order valence-corrected chi connectivity index (χ3v) is 6.33. The van der Waals surface area contributed by atoms with Gasteiger partial charge in [-0.2, -0.15) is 0 Å². The van der Waals surface area contributed by atoms with Crippen LogP contribution in [0.4, 0.5) is 11.5 Å². The molecule has 10 nitrogen and oxygen atoms in total. The minimum atomic E-state index is -3.93. The maximum absolute atomic E-state index is 12.7. The van der Waals surface area contributed by atoms with E-state index in [1.165, 1.54) is 43.8 Å². The summed E-state index contributed by atoms with van der Waals surface area (Å²) in [6.45, 7) is 4.00. The molecule has 2 aromatic carbocycles. The zero-order valence-corrected chi connectivity index (χ0v) is 20.9. The summed E-state index contributed by atoms with van der Waals surface area (Å²) in [5.41, 5.74) is 0.904. The van der Waals surface area contributed by atoms with Crippen LogP contribution in [0.3, 0.4) is 0 Å². The lowest BCUT2D eigenvalue weighted by Crippen LogP contribution is -2.34. The quantitative estimate of drug-likeness (QED) is 0.366.